The summed E-state index contributed by atoms with van der Waals surface area (Å²) in [7, 11) is 0. The maximum absolute atomic E-state index is 13.4. The van der Waals surface area contributed by atoms with Crippen molar-refractivity contribution in [3.63, 3.8) is 0 Å². The Labute approximate surface area is 201 Å². The Bertz CT molecular complexity index is 1550. The number of anilines is 1. The van der Waals surface area contributed by atoms with Gasteiger partial charge >= 0.3 is 0 Å². The van der Waals surface area contributed by atoms with Gasteiger partial charge in [0.1, 0.15) is 5.54 Å². The predicted molar refractivity (Wildman–Crippen MR) is 133 cm³/mol. The average molecular weight is 460 g/mol. The molecule has 0 atom stereocenters. The van der Waals surface area contributed by atoms with Gasteiger partial charge in [-0.15, -0.1) is 0 Å². The molecule has 8 heteroatoms. The van der Waals surface area contributed by atoms with Gasteiger partial charge in [0.15, 0.2) is 17.3 Å². The molecule has 0 aliphatic heterocycles. The molecule has 2 aromatic carbocycles. The van der Waals surface area contributed by atoms with Crippen LogP contribution in [0.3, 0.4) is 0 Å². The maximum Gasteiger partial charge on any atom is 0.274 e. The molecule has 3 heterocycles. The van der Waals surface area contributed by atoms with Crippen molar-refractivity contribution in [1.82, 2.24) is 30.2 Å². The molecule has 1 saturated carbocycles. The molecule has 35 heavy (non-hydrogen) atoms. The Morgan fingerprint density at radius 3 is 2.31 bits per heavy atom. The normalized spacial score (nSPS) is 13.9. The lowest BCUT2D eigenvalue weighted by Gasteiger charge is -2.17. The van der Waals surface area contributed by atoms with Crippen LogP contribution in [-0.2, 0) is 5.54 Å². The molecule has 1 fully saturated rings. The lowest BCUT2D eigenvalue weighted by atomic mass is 10.0. The second-order valence-electron chi connectivity index (χ2n) is 8.54. The van der Waals surface area contributed by atoms with Crippen molar-refractivity contribution in [2.75, 3.05) is 5.73 Å². The van der Waals surface area contributed by atoms with E-state index < -0.39 is 11.4 Å². The highest BCUT2D eigenvalue weighted by molar-refractivity contribution is 5.99. The quantitative estimate of drug-likeness (QED) is 0.405. The molecule has 1 aliphatic carbocycles. The monoisotopic (exact) mass is 459 g/mol. The van der Waals surface area contributed by atoms with Crippen LogP contribution in [0.2, 0.25) is 0 Å². The van der Waals surface area contributed by atoms with E-state index in [-0.39, 0.29) is 11.5 Å². The highest BCUT2D eigenvalue weighted by Gasteiger charge is 2.49. The van der Waals surface area contributed by atoms with E-state index in [0.29, 0.717) is 17.2 Å². The molecule has 170 valence electrons. The van der Waals surface area contributed by atoms with Crippen molar-refractivity contribution in [1.29, 1.82) is 0 Å². The van der Waals surface area contributed by atoms with E-state index >= 15 is 0 Å². The lowest BCUT2D eigenvalue weighted by Crippen LogP contribution is -2.37. The van der Waals surface area contributed by atoms with Crippen molar-refractivity contribution in [3.05, 3.63) is 96.8 Å². The number of nitrogens with one attached hydrogen (secondary N) is 1. The Hall–Kier alpha value is -4.72. The van der Waals surface area contributed by atoms with Crippen LogP contribution in [-0.4, -0.2) is 30.8 Å². The number of nitrogens with two attached hydrogens (primary N) is 1. The smallest absolute Gasteiger partial charge is 0.274 e. The third-order valence-electron chi connectivity index (χ3n) is 6.16. The minimum absolute atomic E-state index is 0.0670. The van der Waals surface area contributed by atoms with Crippen LogP contribution in [0.25, 0.3) is 33.4 Å². The topological polar surface area (TPSA) is 120 Å². The molecule has 3 N–H and O–H groups in total. The molecule has 0 radical (unpaired) electrons. The van der Waals surface area contributed by atoms with Gasteiger partial charge in [-0.1, -0.05) is 42.5 Å². The Kier molecular flexibility index (Phi) is 4.92. The fourth-order valence-electron chi connectivity index (χ4n) is 4.19. The van der Waals surface area contributed by atoms with Crippen LogP contribution in [0.15, 0.2) is 85.3 Å². The summed E-state index contributed by atoms with van der Waals surface area (Å²) in [4.78, 5) is 35.9. The summed E-state index contributed by atoms with van der Waals surface area (Å²) in [5, 5.41) is 4.02. The number of carbonyl (C=O) groups is 1. The molecule has 0 bridgehead atoms. The first-order chi connectivity index (χ1) is 17.1. The number of nitrogens with zero attached hydrogens (tertiary/aromatic N) is 5. The number of rotatable bonds is 5. The second-order valence-corrected chi connectivity index (χ2v) is 8.54. The summed E-state index contributed by atoms with van der Waals surface area (Å²) < 4.78 is 0. The van der Waals surface area contributed by atoms with Crippen LogP contribution < -0.4 is 11.1 Å². The van der Waals surface area contributed by atoms with Crippen LogP contribution in [0, 0.1) is 0 Å². The number of hydrogen-bond acceptors (Lipinski definition) is 7. The Balaban J connectivity index is 1.46. The van der Waals surface area contributed by atoms with E-state index in [1.54, 1.807) is 24.7 Å². The fourth-order valence-corrected chi connectivity index (χ4v) is 4.19. The van der Waals surface area contributed by atoms with E-state index in [0.717, 1.165) is 34.9 Å². The highest BCUT2D eigenvalue weighted by atomic mass is 16.2. The van der Waals surface area contributed by atoms with Crippen molar-refractivity contribution < 1.29 is 4.79 Å². The predicted octanol–water partition coefficient (Wildman–Crippen LogP) is 4.15. The summed E-state index contributed by atoms with van der Waals surface area (Å²) in [5.74, 6) is 0.253. The first-order valence-corrected chi connectivity index (χ1v) is 11.3. The summed E-state index contributed by atoms with van der Waals surface area (Å²) in [5.41, 5.74) is 9.51. The highest BCUT2D eigenvalue weighted by Crippen LogP contribution is 2.44. The summed E-state index contributed by atoms with van der Waals surface area (Å²) in [6, 6.07) is 21.2. The van der Waals surface area contributed by atoms with Gasteiger partial charge in [0.05, 0.1) is 16.9 Å². The minimum atomic E-state index is -0.598. The van der Waals surface area contributed by atoms with Gasteiger partial charge in [-0.25, -0.2) is 19.9 Å². The number of hydrogen-bond donors (Lipinski definition) is 2. The van der Waals surface area contributed by atoms with Gasteiger partial charge in [-0.3, -0.25) is 9.78 Å². The molecule has 0 spiro atoms. The number of aromatic nitrogens is 5. The zero-order valence-corrected chi connectivity index (χ0v) is 18.7. The van der Waals surface area contributed by atoms with E-state index in [9.17, 15) is 4.79 Å². The van der Waals surface area contributed by atoms with Crippen molar-refractivity contribution in [3.8, 4) is 22.5 Å². The van der Waals surface area contributed by atoms with Crippen molar-refractivity contribution >= 4 is 22.6 Å². The third kappa shape index (κ3) is 3.85. The van der Waals surface area contributed by atoms with Crippen LogP contribution >= 0.6 is 0 Å². The van der Waals surface area contributed by atoms with Crippen molar-refractivity contribution in [2.45, 2.75) is 18.4 Å². The number of carbonyl (C=O) groups excluding carboxylic acids is 1. The summed E-state index contributed by atoms with van der Waals surface area (Å²) in [6.07, 6.45) is 6.60. The van der Waals surface area contributed by atoms with E-state index in [1.165, 1.54) is 0 Å². The number of amides is 1. The molecule has 0 saturated heterocycles. The van der Waals surface area contributed by atoms with Gasteiger partial charge in [0.2, 0.25) is 0 Å². The molecular weight excluding hydrogens is 438 g/mol. The van der Waals surface area contributed by atoms with Crippen LogP contribution in [0.5, 0.6) is 0 Å². The van der Waals surface area contributed by atoms with Crippen LogP contribution in [0.4, 0.5) is 5.82 Å². The Morgan fingerprint density at radius 1 is 0.800 bits per heavy atom. The zero-order chi connectivity index (χ0) is 23.8. The van der Waals surface area contributed by atoms with Gasteiger partial charge in [-0.2, -0.15) is 0 Å². The second kappa shape index (κ2) is 8.25. The average Bonchev–Trinajstić information content (AvgIpc) is 3.69. The number of nitrogen functional groups attached to an aromatic ring is 1. The lowest BCUT2D eigenvalue weighted by molar-refractivity contribution is 0.0924. The number of pyridine rings is 1. The fraction of sp³-hybridized carbons (Fsp3) is 0.111. The largest absolute Gasteiger partial charge is 0.382 e. The molecule has 5 aromatic rings. The van der Waals surface area contributed by atoms with E-state index in [2.05, 4.69) is 25.3 Å². The molecule has 3 aromatic heterocycles. The van der Waals surface area contributed by atoms with E-state index in [4.69, 9.17) is 10.7 Å². The molecule has 0 unspecified atom stereocenters. The standard InChI is InChI=1S/C27H21N7O/c28-24-23(25(35)34-27(11-12-27)26-30-14-5-15-31-26)32-22(21(33-24)17-6-2-1-3-7-17)19-9-10-20-18(16-19)8-4-13-29-20/h1-10,13-16H,11-12H2,(H2,28,33)(H,34,35). The van der Waals surface area contributed by atoms with Gasteiger partial charge < -0.3 is 11.1 Å². The Morgan fingerprint density at radius 2 is 1.54 bits per heavy atom. The van der Waals surface area contributed by atoms with Crippen molar-refractivity contribution in [2.24, 2.45) is 0 Å². The SMILES string of the molecule is Nc1nc(-c2ccccc2)c(-c2ccc3ncccc3c2)nc1C(=O)NC1(c2ncccn2)CC1. The molecule has 6 rings (SSSR count). The van der Waals surface area contributed by atoms with Crippen LogP contribution in [0.1, 0.15) is 29.2 Å². The zero-order valence-electron chi connectivity index (χ0n) is 18.7. The summed E-state index contributed by atoms with van der Waals surface area (Å²) in [6.45, 7) is 0. The number of benzene rings is 2. The first kappa shape index (κ1) is 20.9. The molecule has 1 amide bonds. The third-order valence-corrected chi connectivity index (χ3v) is 6.16. The van der Waals surface area contributed by atoms with E-state index in [1.807, 2.05) is 60.7 Å². The van der Waals surface area contributed by atoms with Gasteiger partial charge in [-0.05, 0) is 37.1 Å². The maximum atomic E-state index is 13.4. The summed E-state index contributed by atoms with van der Waals surface area (Å²) >= 11 is 0. The number of fused-ring (bicyclic) bond motifs is 1. The van der Waals surface area contributed by atoms with Gasteiger partial charge in [0, 0.05) is 35.1 Å². The van der Waals surface area contributed by atoms with Gasteiger partial charge in [0.25, 0.3) is 5.91 Å². The molecular formula is C27H21N7O. The first-order valence-electron chi connectivity index (χ1n) is 11.3. The minimum Gasteiger partial charge on any atom is -0.382 e. The molecule has 1 aliphatic rings. The molecule has 8 nitrogen and oxygen atoms in total.